The maximum Gasteiger partial charge on any atom is 0.209 e. The van der Waals surface area contributed by atoms with Crippen molar-refractivity contribution in [2.24, 2.45) is 0 Å². The minimum absolute atomic E-state index is 0.00885. The summed E-state index contributed by atoms with van der Waals surface area (Å²) in [6.45, 7) is 9.12. The van der Waals surface area contributed by atoms with E-state index in [4.69, 9.17) is 11.6 Å². The lowest BCUT2D eigenvalue weighted by Gasteiger charge is -2.20. The van der Waals surface area contributed by atoms with Crippen LogP contribution in [0.25, 0.3) is 0 Å². The first-order valence-corrected chi connectivity index (χ1v) is 12.8. The van der Waals surface area contributed by atoms with Gasteiger partial charge < -0.3 is 5.32 Å². The Morgan fingerprint density at radius 3 is 2.26 bits per heavy atom. The van der Waals surface area contributed by atoms with Gasteiger partial charge in [-0.15, -0.1) is 0 Å². The normalized spacial score (nSPS) is 22.7. The van der Waals surface area contributed by atoms with Gasteiger partial charge in [0.05, 0.1) is 5.41 Å². The van der Waals surface area contributed by atoms with Crippen LogP contribution in [0.1, 0.15) is 51.7 Å². The predicted octanol–water partition coefficient (Wildman–Crippen LogP) is 8.31. The van der Waals surface area contributed by atoms with Gasteiger partial charge in [-0.2, -0.15) is 4.58 Å². The average Bonchev–Trinajstić information content (AvgIpc) is 3.39. The standard InChI is InChI=1S/C32H33ClN2/c1-31(2)24-13-7-9-15-26(24)34-28(31)21-20-23-19-18-22(30(23)33)12-6-11-17-29-32(3,4)25-14-8-10-16-27(25)35(29)5/h6-17,20-21H,18-19H2,1-5H3/p+1. The minimum atomic E-state index is -0.0333. The Kier molecular flexibility index (Phi) is 5.97. The molecule has 0 atom stereocenters. The van der Waals surface area contributed by atoms with Gasteiger partial charge in [-0.05, 0) is 55.5 Å². The maximum absolute atomic E-state index is 6.80. The zero-order chi connectivity index (χ0) is 24.8. The van der Waals surface area contributed by atoms with Gasteiger partial charge in [0.25, 0.3) is 0 Å². The first kappa shape index (κ1) is 23.6. The highest BCUT2D eigenvalue weighted by atomic mass is 35.5. The van der Waals surface area contributed by atoms with E-state index >= 15 is 0 Å². The number of nitrogens with one attached hydrogen (secondary N) is 1. The Hall–Kier alpha value is -3.10. The number of nitrogens with zero attached hydrogens (tertiary/aromatic N) is 1. The molecule has 2 aromatic carbocycles. The number of para-hydroxylation sites is 2. The molecule has 0 saturated carbocycles. The third-order valence-corrected chi connectivity index (χ3v) is 8.31. The summed E-state index contributed by atoms with van der Waals surface area (Å²) in [6, 6.07) is 17.2. The topological polar surface area (TPSA) is 15.0 Å². The number of hydrogen-bond acceptors (Lipinski definition) is 1. The smallest absolute Gasteiger partial charge is 0.209 e. The van der Waals surface area contributed by atoms with Crippen LogP contribution in [0.15, 0.2) is 107 Å². The van der Waals surface area contributed by atoms with E-state index in [2.05, 4.69) is 130 Å². The van der Waals surface area contributed by atoms with Gasteiger partial charge >= 0.3 is 0 Å². The molecule has 1 aliphatic carbocycles. The summed E-state index contributed by atoms with van der Waals surface area (Å²) >= 11 is 6.80. The predicted molar refractivity (Wildman–Crippen MR) is 150 cm³/mol. The van der Waals surface area contributed by atoms with E-state index in [1.807, 2.05) is 0 Å². The zero-order valence-electron chi connectivity index (χ0n) is 21.3. The van der Waals surface area contributed by atoms with Crippen molar-refractivity contribution in [3.8, 4) is 0 Å². The van der Waals surface area contributed by atoms with Crippen LogP contribution in [0, 0.1) is 0 Å². The lowest BCUT2D eigenvalue weighted by Crippen LogP contribution is -2.26. The van der Waals surface area contributed by atoms with Crippen molar-refractivity contribution in [3.05, 3.63) is 118 Å². The van der Waals surface area contributed by atoms with Crippen molar-refractivity contribution in [1.82, 2.24) is 0 Å². The molecule has 2 heterocycles. The largest absolute Gasteiger partial charge is 0.358 e. The summed E-state index contributed by atoms with van der Waals surface area (Å²) in [7, 11) is 2.15. The third kappa shape index (κ3) is 4.04. The summed E-state index contributed by atoms with van der Waals surface area (Å²) in [5.74, 6) is 0. The maximum atomic E-state index is 6.80. The highest BCUT2D eigenvalue weighted by molar-refractivity contribution is 6.33. The molecule has 0 unspecified atom stereocenters. The Bertz CT molecular complexity index is 1380. The Labute approximate surface area is 214 Å². The third-order valence-electron chi connectivity index (χ3n) is 7.82. The van der Waals surface area contributed by atoms with Gasteiger partial charge in [0.15, 0.2) is 5.71 Å². The monoisotopic (exact) mass is 481 g/mol. The second kappa shape index (κ2) is 8.84. The van der Waals surface area contributed by atoms with Crippen LogP contribution in [-0.4, -0.2) is 17.3 Å². The number of anilines is 1. The molecule has 0 aromatic heterocycles. The zero-order valence-corrected chi connectivity index (χ0v) is 22.1. The molecule has 2 nitrogen and oxygen atoms in total. The number of fused-ring (bicyclic) bond motifs is 2. The highest BCUT2D eigenvalue weighted by Crippen LogP contribution is 2.43. The molecule has 0 saturated heterocycles. The first-order chi connectivity index (χ1) is 16.7. The molecule has 3 heteroatoms. The second-order valence-electron chi connectivity index (χ2n) is 10.7. The van der Waals surface area contributed by atoms with Crippen LogP contribution in [0.5, 0.6) is 0 Å². The van der Waals surface area contributed by atoms with Crippen LogP contribution >= 0.6 is 11.6 Å². The van der Waals surface area contributed by atoms with E-state index in [9.17, 15) is 0 Å². The Morgan fingerprint density at radius 2 is 1.51 bits per heavy atom. The number of allylic oxidation sites excluding steroid dienone is 10. The van der Waals surface area contributed by atoms with Crippen molar-refractivity contribution < 1.29 is 4.58 Å². The van der Waals surface area contributed by atoms with Gasteiger partial charge in [0.1, 0.15) is 7.05 Å². The van der Waals surface area contributed by atoms with E-state index in [0.717, 1.165) is 17.9 Å². The quantitative estimate of drug-likeness (QED) is 0.342. The lowest BCUT2D eigenvalue weighted by molar-refractivity contribution is -0.401. The molecule has 35 heavy (non-hydrogen) atoms. The summed E-state index contributed by atoms with van der Waals surface area (Å²) in [5, 5.41) is 4.48. The molecule has 0 amide bonds. The van der Waals surface area contributed by atoms with Crippen LogP contribution in [0.2, 0.25) is 0 Å². The Balaban J connectivity index is 1.32. The molecule has 0 bridgehead atoms. The van der Waals surface area contributed by atoms with Crippen LogP contribution in [-0.2, 0) is 10.8 Å². The van der Waals surface area contributed by atoms with Gasteiger partial charge in [0.2, 0.25) is 5.69 Å². The molecule has 3 aliphatic rings. The van der Waals surface area contributed by atoms with Crippen molar-refractivity contribution in [2.45, 2.75) is 51.4 Å². The fourth-order valence-corrected chi connectivity index (χ4v) is 5.96. The van der Waals surface area contributed by atoms with Gasteiger partial charge in [-0.1, -0.05) is 86.2 Å². The molecule has 2 aliphatic heterocycles. The summed E-state index contributed by atoms with van der Waals surface area (Å²) in [5.41, 5.74) is 10.1. The average molecular weight is 482 g/mol. The number of halogens is 1. The minimum Gasteiger partial charge on any atom is -0.358 e. The summed E-state index contributed by atoms with van der Waals surface area (Å²) < 4.78 is 2.30. The fourth-order valence-electron chi connectivity index (χ4n) is 5.65. The number of benzene rings is 2. The van der Waals surface area contributed by atoms with E-state index in [1.54, 1.807) is 0 Å². The molecule has 178 valence electrons. The van der Waals surface area contributed by atoms with E-state index in [0.29, 0.717) is 0 Å². The Morgan fingerprint density at radius 1 is 0.829 bits per heavy atom. The lowest BCUT2D eigenvalue weighted by atomic mass is 9.81. The second-order valence-corrected chi connectivity index (χ2v) is 11.1. The van der Waals surface area contributed by atoms with Crippen LogP contribution in [0.3, 0.4) is 0 Å². The molecule has 1 N–H and O–H groups in total. The van der Waals surface area contributed by atoms with E-state index in [1.165, 1.54) is 45.1 Å². The molecule has 5 rings (SSSR count). The molecule has 0 spiro atoms. The summed E-state index contributed by atoms with van der Waals surface area (Å²) in [6.07, 6.45) is 15.0. The van der Waals surface area contributed by atoms with Gasteiger partial charge in [-0.25, -0.2) is 0 Å². The number of hydrogen-bond donors (Lipinski definition) is 1. The van der Waals surface area contributed by atoms with Gasteiger partial charge in [-0.3, -0.25) is 0 Å². The molecular weight excluding hydrogens is 448 g/mol. The van der Waals surface area contributed by atoms with Crippen molar-refractivity contribution in [3.63, 3.8) is 0 Å². The van der Waals surface area contributed by atoms with E-state index < -0.39 is 0 Å². The SMILES string of the molecule is C[N+]1=C(/C=C/C=C/C2=C(Cl)C(=C/C=C3/Nc4ccccc4C3(C)C)/CC2)C(C)(C)c2ccccc21. The van der Waals surface area contributed by atoms with Crippen LogP contribution in [0.4, 0.5) is 11.4 Å². The van der Waals surface area contributed by atoms with Crippen molar-refractivity contribution in [1.29, 1.82) is 0 Å². The van der Waals surface area contributed by atoms with Crippen LogP contribution < -0.4 is 5.32 Å². The first-order valence-electron chi connectivity index (χ1n) is 12.4. The fraction of sp³-hybridized carbons (Fsp3) is 0.281. The van der Waals surface area contributed by atoms with Crippen molar-refractivity contribution >= 4 is 28.7 Å². The molecule has 0 radical (unpaired) electrons. The number of rotatable bonds is 4. The summed E-state index contributed by atoms with van der Waals surface area (Å²) in [4.78, 5) is 0. The molecular formula is C32H34ClN2+. The van der Waals surface area contributed by atoms with Crippen molar-refractivity contribution in [2.75, 3.05) is 12.4 Å². The molecule has 0 fully saturated rings. The highest BCUT2D eigenvalue weighted by Gasteiger charge is 2.42. The molecule has 2 aromatic rings. The van der Waals surface area contributed by atoms with E-state index in [-0.39, 0.29) is 10.8 Å². The van der Waals surface area contributed by atoms with Gasteiger partial charge in [0, 0.05) is 39.5 Å².